The van der Waals surface area contributed by atoms with Gasteiger partial charge in [-0.3, -0.25) is 0 Å². The van der Waals surface area contributed by atoms with E-state index in [-0.39, 0.29) is 6.04 Å². The van der Waals surface area contributed by atoms with Crippen LogP contribution in [0.15, 0.2) is 53.0 Å². The molecule has 0 saturated heterocycles. The predicted octanol–water partition coefficient (Wildman–Crippen LogP) is 6.41. The van der Waals surface area contributed by atoms with Crippen LogP contribution in [-0.4, -0.2) is 7.11 Å². The van der Waals surface area contributed by atoms with Gasteiger partial charge in [0.1, 0.15) is 5.75 Å². The monoisotopic (exact) mass is 397 g/mol. The van der Waals surface area contributed by atoms with Gasteiger partial charge in [-0.25, -0.2) is 0 Å². The Bertz CT molecular complexity index is 827. The zero-order valence-corrected chi connectivity index (χ0v) is 16.5. The first-order valence-corrected chi connectivity index (χ1v) is 9.78. The van der Waals surface area contributed by atoms with Crippen molar-refractivity contribution in [3.05, 3.63) is 69.7 Å². The molecule has 1 heterocycles. The molecule has 1 aliphatic heterocycles. The van der Waals surface area contributed by atoms with E-state index in [0.29, 0.717) is 17.8 Å². The van der Waals surface area contributed by atoms with Crippen molar-refractivity contribution in [2.45, 2.75) is 38.1 Å². The van der Waals surface area contributed by atoms with Crippen molar-refractivity contribution in [2.24, 2.45) is 5.92 Å². The van der Waals surface area contributed by atoms with Crippen molar-refractivity contribution in [1.82, 2.24) is 0 Å². The van der Waals surface area contributed by atoms with Crippen molar-refractivity contribution in [3.8, 4) is 5.75 Å². The van der Waals surface area contributed by atoms with Crippen LogP contribution in [0.1, 0.15) is 54.8 Å². The van der Waals surface area contributed by atoms with Crippen LogP contribution in [0.3, 0.4) is 0 Å². The highest BCUT2D eigenvalue weighted by Gasteiger charge is 2.39. The summed E-state index contributed by atoms with van der Waals surface area (Å²) in [5, 5.41) is 3.81. The number of hydrogen-bond acceptors (Lipinski definition) is 2. The number of hydrogen-bond donors (Lipinski definition) is 1. The highest BCUT2D eigenvalue weighted by atomic mass is 79.9. The molecule has 0 saturated carbocycles. The minimum Gasteiger partial charge on any atom is -0.496 e. The van der Waals surface area contributed by atoms with Crippen LogP contribution < -0.4 is 10.1 Å². The minimum atomic E-state index is 0.254. The molecule has 2 aromatic rings. The van der Waals surface area contributed by atoms with Gasteiger partial charge in [0.05, 0.1) is 13.2 Å². The topological polar surface area (TPSA) is 21.3 Å². The summed E-state index contributed by atoms with van der Waals surface area (Å²) in [4.78, 5) is 0. The molecule has 0 fully saturated rings. The Balaban J connectivity index is 1.80. The van der Waals surface area contributed by atoms with Crippen LogP contribution in [0, 0.1) is 5.92 Å². The highest BCUT2D eigenvalue weighted by Crippen LogP contribution is 2.51. The van der Waals surface area contributed by atoms with Gasteiger partial charge in [0, 0.05) is 21.6 Å². The summed E-state index contributed by atoms with van der Waals surface area (Å²) in [6.07, 6.45) is 5.83. The summed E-state index contributed by atoms with van der Waals surface area (Å²) in [6, 6.07) is 13.4. The highest BCUT2D eigenvalue weighted by molar-refractivity contribution is 9.10. The fraction of sp³-hybridized carbons (Fsp3) is 0.364. The normalized spacial score (nSPS) is 24.0. The van der Waals surface area contributed by atoms with E-state index < -0.39 is 0 Å². The third-order valence-corrected chi connectivity index (χ3v) is 6.07. The molecule has 4 rings (SSSR count). The van der Waals surface area contributed by atoms with Crippen LogP contribution in [0.5, 0.6) is 5.75 Å². The molecular weight excluding hydrogens is 374 g/mol. The number of nitrogens with one attached hydrogen (secondary N) is 1. The lowest BCUT2D eigenvalue weighted by Crippen LogP contribution is -2.29. The third-order valence-electron chi connectivity index (χ3n) is 5.58. The lowest BCUT2D eigenvalue weighted by atomic mass is 9.76. The number of rotatable bonds is 3. The van der Waals surface area contributed by atoms with Gasteiger partial charge in [-0.2, -0.15) is 0 Å². The summed E-state index contributed by atoms with van der Waals surface area (Å²) in [7, 11) is 1.75. The van der Waals surface area contributed by atoms with E-state index in [0.717, 1.165) is 16.6 Å². The molecule has 0 amide bonds. The van der Waals surface area contributed by atoms with Gasteiger partial charge in [-0.05, 0) is 53.6 Å². The molecule has 0 unspecified atom stereocenters. The van der Waals surface area contributed by atoms with E-state index >= 15 is 0 Å². The van der Waals surface area contributed by atoms with Gasteiger partial charge in [0.25, 0.3) is 0 Å². The van der Waals surface area contributed by atoms with Crippen molar-refractivity contribution in [3.63, 3.8) is 0 Å². The van der Waals surface area contributed by atoms with Gasteiger partial charge < -0.3 is 10.1 Å². The molecule has 3 heteroatoms. The third kappa shape index (κ3) is 2.89. The Morgan fingerprint density at radius 1 is 1.12 bits per heavy atom. The standard InChI is InChI=1S/C22H24BrNO/c1-13(2)14-7-9-20-18(11-14)16-5-4-6-17(16)22(24-20)19-12-15(23)8-10-21(19)25-3/h4-5,7-13,16-17,22,24H,6H2,1-3H3/t16-,17+,22-/m1/s1. The molecule has 2 aliphatic rings. The number of anilines is 1. The number of fused-ring (bicyclic) bond motifs is 3. The van der Waals surface area contributed by atoms with Crippen LogP contribution >= 0.6 is 15.9 Å². The Labute approximate surface area is 158 Å². The Morgan fingerprint density at radius 2 is 1.96 bits per heavy atom. The minimum absolute atomic E-state index is 0.254. The maximum Gasteiger partial charge on any atom is 0.124 e. The molecule has 1 aliphatic carbocycles. The first-order valence-electron chi connectivity index (χ1n) is 8.99. The quantitative estimate of drug-likeness (QED) is 0.604. The SMILES string of the molecule is COc1ccc(Br)cc1[C@@H]1Nc2ccc(C(C)C)cc2[C@@H]2C=CC[C@@H]21. The summed E-state index contributed by atoms with van der Waals surface area (Å²) in [5.41, 5.74) is 5.34. The second-order valence-electron chi connectivity index (χ2n) is 7.36. The largest absolute Gasteiger partial charge is 0.496 e. The second kappa shape index (κ2) is 6.53. The van der Waals surface area contributed by atoms with Crippen molar-refractivity contribution >= 4 is 21.6 Å². The van der Waals surface area contributed by atoms with E-state index in [4.69, 9.17) is 4.74 Å². The lowest BCUT2D eigenvalue weighted by molar-refractivity contribution is 0.381. The van der Waals surface area contributed by atoms with E-state index in [1.807, 2.05) is 6.07 Å². The molecule has 0 aromatic heterocycles. The maximum atomic E-state index is 5.66. The number of methoxy groups -OCH3 is 1. The zero-order valence-electron chi connectivity index (χ0n) is 14.9. The molecule has 0 spiro atoms. The van der Waals surface area contributed by atoms with E-state index in [9.17, 15) is 0 Å². The molecule has 0 bridgehead atoms. The summed E-state index contributed by atoms with van der Waals surface area (Å²) < 4.78 is 6.75. The Hall–Kier alpha value is -1.74. The summed E-state index contributed by atoms with van der Waals surface area (Å²) in [5.74, 6) is 2.51. The van der Waals surface area contributed by atoms with E-state index in [1.165, 1.54) is 22.4 Å². The number of ether oxygens (including phenoxy) is 1. The first-order chi connectivity index (χ1) is 12.1. The number of allylic oxidation sites excluding steroid dienone is 2. The average Bonchev–Trinajstić information content (AvgIpc) is 3.10. The number of halogens is 1. The zero-order chi connectivity index (χ0) is 17.6. The molecule has 2 aromatic carbocycles. The van der Waals surface area contributed by atoms with Gasteiger partial charge in [0.2, 0.25) is 0 Å². The van der Waals surface area contributed by atoms with Gasteiger partial charge in [0.15, 0.2) is 0 Å². The van der Waals surface area contributed by atoms with Crippen molar-refractivity contribution < 1.29 is 4.74 Å². The molecule has 1 N–H and O–H groups in total. The van der Waals surface area contributed by atoms with Crippen LogP contribution in [-0.2, 0) is 0 Å². The average molecular weight is 398 g/mol. The summed E-state index contributed by atoms with van der Waals surface area (Å²) in [6.45, 7) is 4.52. The maximum absolute atomic E-state index is 5.66. The Kier molecular flexibility index (Phi) is 4.36. The van der Waals surface area contributed by atoms with Crippen LogP contribution in [0.2, 0.25) is 0 Å². The van der Waals surface area contributed by atoms with E-state index in [2.05, 4.69) is 77.6 Å². The van der Waals surface area contributed by atoms with Crippen molar-refractivity contribution in [2.75, 3.05) is 12.4 Å². The first kappa shape index (κ1) is 16.7. The molecule has 3 atom stereocenters. The molecule has 2 nitrogen and oxygen atoms in total. The van der Waals surface area contributed by atoms with Gasteiger partial charge in [-0.1, -0.05) is 54.1 Å². The van der Waals surface area contributed by atoms with Gasteiger partial charge >= 0.3 is 0 Å². The molecule has 0 radical (unpaired) electrons. The van der Waals surface area contributed by atoms with Crippen LogP contribution in [0.4, 0.5) is 5.69 Å². The molecular formula is C22H24BrNO. The fourth-order valence-electron chi connectivity index (χ4n) is 4.23. The number of benzene rings is 2. The molecule has 25 heavy (non-hydrogen) atoms. The smallest absolute Gasteiger partial charge is 0.124 e. The Morgan fingerprint density at radius 3 is 2.72 bits per heavy atom. The molecule has 130 valence electrons. The second-order valence-corrected chi connectivity index (χ2v) is 8.28. The summed E-state index contributed by atoms with van der Waals surface area (Å²) >= 11 is 3.62. The van der Waals surface area contributed by atoms with Crippen LogP contribution in [0.25, 0.3) is 0 Å². The van der Waals surface area contributed by atoms with Gasteiger partial charge in [-0.15, -0.1) is 0 Å². The van der Waals surface area contributed by atoms with E-state index in [1.54, 1.807) is 7.11 Å². The fourth-order valence-corrected chi connectivity index (χ4v) is 4.61. The lowest BCUT2D eigenvalue weighted by Gasteiger charge is -2.38. The van der Waals surface area contributed by atoms with Crippen molar-refractivity contribution in [1.29, 1.82) is 0 Å². The predicted molar refractivity (Wildman–Crippen MR) is 108 cm³/mol.